The predicted molar refractivity (Wildman–Crippen MR) is 77.7 cm³/mol. The Balaban J connectivity index is 2.17. The van der Waals surface area contributed by atoms with Crippen LogP contribution in [0.15, 0.2) is 30.3 Å². The summed E-state index contributed by atoms with van der Waals surface area (Å²) in [6.45, 7) is 7.31. The summed E-state index contributed by atoms with van der Waals surface area (Å²) >= 11 is 0. The van der Waals surface area contributed by atoms with Gasteiger partial charge in [0.2, 0.25) is 9.04 Å². The molecule has 0 aromatic heterocycles. The van der Waals surface area contributed by atoms with Crippen LogP contribution in [0.1, 0.15) is 40.0 Å². The van der Waals surface area contributed by atoms with Crippen LogP contribution >= 0.6 is 0 Å². The van der Waals surface area contributed by atoms with E-state index in [1.54, 1.807) is 0 Å². The first kappa shape index (κ1) is 13.8. The van der Waals surface area contributed by atoms with Gasteiger partial charge in [-0.2, -0.15) is 0 Å². The second-order valence-corrected chi connectivity index (χ2v) is 8.45. The minimum absolute atomic E-state index is 0.0897. The van der Waals surface area contributed by atoms with Gasteiger partial charge in [0.25, 0.3) is 0 Å². The van der Waals surface area contributed by atoms with Crippen molar-refractivity contribution in [3.8, 4) is 0 Å². The topological polar surface area (TPSA) is 18.5 Å². The van der Waals surface area contributed by atoms with E-state index in [9.17, 15) is 0 Å². The Bertz CT molecular complexity index is 353. The molecule has 0 N–H and O–H groups in total. The third kappa shape index (κ3) is 3.94. The first-order valence-corrected chi connectivity index (χ1v) is 8.62. The number of benzene rings is 1. The van der Waals surface area contributed by atoms with Gasteiger partial charge < -0.3 is 9.16 Å². The molecule has 2 atom stereocenters. The zero-order chi connectivity index (χ0) is 13.0. The maximum atomic E-state index is 6.38. The van der Waals surface area contributed by atoms with Crippen LogP contribution < -0.4 is 5.19 Å². The lowest BCUT2D eigenvalue weighted by atomic mass is 10.2. The van der Waals surface area contributed by atoms with Crippen molar-refractivity contribution in [3.05, 3.63) is 30.3 Å². The number of hydrogen-bond donors (Lipinski definition) is 0. The fourth-order valence-corrected chi connectivity index (χ4v) is 5.32. The smallest absolute Gasteiger partial charge is 0.237 e. The van der Waals surface area contributed by atoms with Crippen LogP contribution in [-0.4, -0.2) is 27.0 Å². The molecule has 18 heavy (non-hydrogen) atoms. The van der Waals surface area contributed by atoms with Crippen LogP contribution in [-0.2, 0) is 9.16 Å². The van der Waals surface area contributed by atoms with Gasteiger partial charge in [0.1, 0.15) is 0 Å². The Labute approximate surface area is 112 Å². The van der Waals surface area contributed by atoms with E-state index >= 15 is 0 Å². The van der Waals surface area contributed by atoms with Gasteiger partial charge in [-0.15, -0.1) is 0 Å². The highest BCUT2D eigenvalue weighted by Crippen LogP contribution is 2.19. The van der Waals surface area contributed by atoms with E-state index < -0.39 is 9.04 Å². The van der Waals surface area contributed by atoms with Gasteiger partial charge in [0.05, 0.1) is 5.73 Å². The molecule has 3 heteroatoms. The molecule has 0 saturated carbocycles. The Morgan fingerprint density at radius 3 is 2.44 bits per heavy atom. The van der Waals surface area contributed by atoms with Crippen molar-refractivity contribution < 1.29 is 9.16 Å². The Morgan fingerprint density at radius 2 is 1.89 bits per heavy atom. The van der Waals surface area contributed by atoms with Crippen molar-refractivity contribution in [3.63, 3.8) is 0 Å². The minimum Gasteiger partial charge on any atom is -0.408 e. The third-order valence-electron chi connectivity index (χ3n) is 3.16. The standard InChI is InChI=1S/C15H24O2Si/c1-15(2,3)17-18(13-9-5-4-6-10-13)14-11-7-8-12-16-14/h4-6,9-10,14,18H,7-8,11-12H2,1-3H3. The van der Waals surface area contributed by atoms with Crippen LogP contribution in [0.3, 0.4) is 0 Å². The fraction of sp³-hybridized carbons (Fsp3) is 0.600. The number of rotatable bonds is 3. The lowest BCUT2D eigenvalue weighted by Crippen LogP contribution is -2.51. The summed E-state index contributed by atoms with van der Waals surface area (Å²) in [5.41, 5.74) is 0.244. The minimum atomic E-state index is -1.52. The van der Waals surface area contributed by atoms with Crippen molar-refractivity contribution in [2.75, 3.05) is 6.61 Å². The van der Waals surface area contributed by atoms with E-state index in [4.69, 9.17) is 9.16 Å². The second-order valence-electron chi connectivity index (χ2n) is 5.97. The van der Waals surface area contributed by atoms with Crippen LogP contribution in [0.25, 0.3) is 0 Å². The molecule has 2 unspecified atom stereocenters. The normalized spacial score (nSPS) is 22.7. The van der Waals surface area contributed by atoms with Crippen LogP contribution in [0.2, 0.25) is 0 Å². The van der Waals surface area contributed by atoms with Crippen LogP contribution in [0.4, 0.5) is 0 Å². The molecule has 2 nitrogen and oxygen atoms in total. The van der Waals surface area contributed by atoms with Crippen molar-refractivity contribution in [1.82, 2.24) is 0 Å². The molecule has 0 spiro atoms. The van der Waals surface area contributed by atoms with Gasteiger partial charge in [-0.05, 0) is 45.2 Å². The van der Waals surface area contributed by atoms with Gasteiger partial charge in [-0.3, -0.25) is 0 Å². The highest BCUT2D eigenvalue weighted by Gasteiger charge is 2.32. The molecular formula is C15H24O2Si. The lowest BCUT2D eigenvalue weighted by molar-refractivity contribution is 0.0361. The zero-order valence-corrected chi connectivity index (χ0v) is 12.8. The molecule has 0 amide bonds. The molecule has 1 fully saturated rings. The van der Waals surface area contributed by atoms with E-state index in [1.165, 1.54) is 18.0 Å². The highest BCUT2D eigenvalue weighted by molar-refractivity contribution is 6.68. The molecule has 1 aromatic rings. The fourth-order valence-electron chi connectivity index (χ4n) is 2.39. The average Bonchev–Trinajstić information content (AvgIpc) is 2.37. The van der Waals surface area contributed by atoms with E-state index in [1.807, 2.05) is 0 Å². The lowest BCUT2D eigenvalue weighted by Gasteiger charge is -2.34. The van der Waals surface area contributed by atoms with Gasteiger partial charge in [-0.1, -0.05) is 30.3 Å². The number of hydrogen-bond acceptors (Lipinski definition) is 2. The maximum absolute atomic E-state index is 6.38. The molecule has 1 aliphatic heterocycles. The molecule has 0 aliphatic carbocycles. The predicted octanol–water partition coefficient (Wildman–Crippen LogP) is 2.54. The van der Waals surface area contributed by atoms with Gasteiger partial charge in [0, 0.05) is 12.2 Å². The first-order valence-electron chi connectivity index (χ1n) is 6.91. The van der Waals surface area contributed by atoms with Crippen molar-refractivity contribution in [2.24, 2.45) is 0 Å². The summed E-state index contributed by atoms with van der Waals surface area (Å²) in [5.74, 6) is 0. The second kappa shape index (κ2) is 6.00. The molecule has 1 saturated heterocycles. The first-order chi connectivity index (χ1) is 8.56. The summed E-state index contributed by atoms with van der Waals surface area (Å²) in [6, 6.07) is 10.7. The van der Waals surface area contributed by atoms with Gasteiger partial charge in [-0.25, -0.2) is 0 Å². The molecule has 2 rings (SSSR count). The van der Waals surface area contributed by atoms with Gasteiger partial charge >= 0.3 is 0 Å². The zero-order valence-electron chi connectivity index (χ0n) is 11.7. The molecule has 0 radical (unpaired) electrons. The Morgan fingerprint density at radius 1 is 1.17 bits per heavy atom. The molecule has 100 valence electrons. The van der Waals surface area contributed by atoms with Crippen LogP contribution in [0.5, 0.6) is 0 Å². The van der Waals surface area contributed by atoms with Crippen molar-refractivity contribution in [2.45, 2.75) is 51.4 Å². The summed E-state index contributed by atoms with van der Waals surface area (Å²) < 4.78 is 12.4. The quantitative estimate of drug-likeness (QED) is 0.781. The summed E-state index contributed by atoms with van der Waals surface area (Å²) in [4.78, 5) is 0. The maximum Gasteiger partial charge on any atom is 0.237 e. The SMILES string of the molecule is CC(C)(C)O[SiH](c1ccccc1)C1CCCCO1. The largest absolute Gasteiger partial charge is 0.408 e. The Hall–Kier alpha value is -0.643. The van der Waals surface area contributed by atoms with Crippen molar-refractivity contribution in [1.29, 1.82) is 0 Å². The van der Waals surface area contributed by atoms with E-state index in [0.29, 0.717) is 5.73 Å². The summed E-state index contributed by atoms with van der Waals surface area (Å²) in [7, 11) is -1.52. The van der Waals surface area contributed by atoms with Gasteiger partial charge in [0.15, 0.2) is 0 Å². The van der Waals surface area contributed by atoms with E-state index in [2.05, 4.69) is 51.1 Å². The van der Waals surface area contributed by atoms with E-state index in [-0.39, 0.29) is 5.60 Å². The molecule has 1 heterocycles. The molecular weight excluding hydrogens is 240 g/mol. The summed E-state index contributed by atoms with van der Waals surface area (Å²) in [5, 5.41) is 1.36. The van der Waals surface area contributed by atoms with E-state index in [0.717, 1.165) is 13.0 Å². The third-order valence-corrected chi connectivity index (χ3v) is 6.37. The van der Waals surface area contributed by atoms with Crippen molar-refractivity contribution >= 4 is 14.2 Å². The Kier molecular flexibility index (Phi) is 4.59. The summed E-state index contributed by atoms with van der Waals surface area (Å²) in [6.07, 6.45) is 3.62. The van der Waals surface area contributed by atoms with Crippen LogP contribution in [0, 0.1) is 0 Å². The average molecular weight is 264 g/mol. The number of ether oxygens (including phenoxy) is 1. The monoisotopic (exact) mass is 264 g/mol. The molecule has 1 aromatic carbocycles. The molecule has 1 aliphatic rings. The highest BCUT2D eigenvalue weighted by atomic mass is 28.3. The molecule has 0 bridgehead atoms.